The quantitative estimate of drug-likeness (QED) is 0.655. The number of carbonyl (C=O) groups is 2. The zero-order valence-corrected chi connectivity index (χ0v) is 15.6. The van der Waals surface area contributed by atoms with Crippen LogP contribution >= 0.6 is 0 Å². The summed E-state index contributed by atoms with van der Waals surface area (Å²) < 4.78 is 11.1. The summed E-state index contributed by atoms with van der Waals surface area (Å²) in [5.41, 5.74) is 7.03. The third-order valence-electron chi connectivity index (χ3n) is 5.37. The molecule has 1 spiro atoms. The SMILES string of the molecule is CCOC(=O)C1=C(N)Oc2c(ccc3cccnc23)C12C(=O)Nc1ccccc12. The topological polar surface area (TPSA) is 104 Å². The van der Waals surface area contributed by atoms with Gasteiger partial charge in [0.05, 0.1) is 6.61 Å². The smallest absolute Gasteiger partial charge is 0.341 e. The standard InChI is InChI=1S/C22H17N3O4/c1-2-28-20(26)16-19(23)29-18-14(10-9-12-6-5-11-24-17(12)18)22(16)13-7-3-4-8-15(13)25-21(22)27/h3-11H,2,23H2,1H3,(H,25,27). The van der Waals surface area contributed by atoms with Gasteiger partial charge in [0.2, 0.25) is 11.8 Å². The molecule has 0 saturated carbocycles. The van der Waals surface area contributed by atoms with Crippen molar-refractivity contribution in [1.29, 1.82) is 0 Å². The van der Waals surface area contributed by atoms with Crippen LogP contribution in [-0.2, 0) is 19.7 Å². The summed E-state index contributed by atoms with van der Waals surface area (Å²) in [7, 11) is 0. The second kappa shape index (κ2) is 6.07. The first-order valence-electron chi connectivity index (χ1n) is 9.23. The van der Waals surface area contributed by atoms with E-state index < -0.39 is 11.4 Å². The number of anilines is 1. The number of rotatable bonds is 2. The highest BCUT2D eigenvalue weighted by molar-refractivity contribution is 6.18. The van der Waals surface area contributed by atoms with E-state index in [4.69, 9.17) is 15.2 Å². The van der Waals surface area contributed by atoms with E-state index >= 15 is 0 Å². The van der Waals surface area contributed by atoms with Gasteiger partial charge in [0.15, 0.2) is 5.75 Å². The van der Waals surface area contributed by atoms with E-state index in [1.807, 2.05) is 30.3 Å². The van der Waals surface area contributed by atoms with Gasteiger partial charge in [-0.05, 0) is 19.1 Å². The maximum atomic E-state index is 13.5. The Labute approximate surface area is 166 Å². The van der Waals surface area contributed by atoms with Crippen molar-refractivity contribution in [3.8, 4) is 5.75 Å². The molecular formula is C22H17N3O4. The van der Waals surface area contributed by atoms with Crippen molar-refractivity contribution < 1.29 is 19.1 Å². The molecule has 2 aromatic carbocycles. The van der Waals surface area contributed by atoms with Gasteiger partial charge in [-0.3, -0.25) is 9.78 Å². The van der Waals surface area contributed by atoms with E-state index in [-0.39, 0.29) is 24.0 Å². The number of hydrogen-bond acceptors (Lipinski definition) is 6. The van der Waals surface area contributed by atoms with Gasteiger partial charge < -0.3 is 20.5 Å². The molecule has 2 aliphatic heterocycles. The third kappa shape index (κ3) is 2.15. The molecule has 3 heterocycles. The van der Waals surface area contributed by atoms with E-state index in [9.17, 15) is 9.59 Å². The normalized spacial score (nSPS) is 19.6. The van der Waals surface area contributed by atoms with E-state index in [0.29, 0.717) is 28.1 Å². The number of benzene rings is 2. The Balaban J connectivity index is 1.92. The van der Waals surface area contributed by atoms with Crippen molar-refractivity contribution in [2.24, 2.45) is 5.73 Å². The summed E-state index contributed by atoms with van der Waals surface area (Å²) in [4.78, 5) is 30.9. The van der Waals surface area contributed by atoms with Gasteiger partial charge in [-0.1, -0.05) is 36.4 Å². The minimum absolute atomic E-state index is 0.0235. The highest BCUT2D eigenvalue weighted by Crippen LogP contribution is 2.54. The van der Waals surface area contributed by atoms with Gasteiger partial charge in [0, 0.05) is 28.4 Å². The Hall–Kier alpha value is -3.87. The average molecular weight is 387 g/mol. The van der Waals surface area contributed by atoms with Crippen LogP contribution in [0.25, 0.3) is 10.9 Å². The average Bonchev–Trinajstić information content (AvgIpc) is 3.00. The van der Waals surface area contributed by atoms with Crippen molar-refractivity contribution >= 4 is 28.5 Å². The molecule has 1 unspecified atom stereocenters. The molecule has 7 nitrogen and oxygen atoms in total. The lowest BCUT2D eigenvalue weighted by molar-refractivity contribution is -0.140. The summed E-state index contributed by atoms with van der Waals surface area (Å²) in [5, 5.41) is 3.72. The van der Waals surface area contributed by atoms with Crippen LogP contribution in [0.4, 0.5) is 5.69 Å². The summed E-state index contributed by atoms with van der Waals surface area (Å²) in [6.45, 7) is 1.83. The highest BCUT2D eigenvalue weighted by Gasteiger charge is 2.58. The van der Waals surface area contributed by atoms with Crippen molar-refractivity contribution in [3.63, 3.8) is 0 Å². The molecule has 1 atom stereocenters. The predicted octanol–water partition coefficient (Wildman–Crippen LogP) is 2.60. The summed E-state index contributed by atoms with van der Waals surface area (Å²) in [6.07, 6.45) is 1.64. The van der Waals surface area contributed by atoms with Gasteiger partial charge in [-0.15, -0.1) is 0 Å². The highest BCUT2D eigenvalue weighted by atomic mass is 16.5. The van der Waals surface area contributed by atoms with E-state index in [0.717, 1.165) is 5.39 Å². The van der Waals surface area contributed by atoms with E-state index in [2.05, 4.69) is 10.3 Å². The summed E-state index contributed by atoms with van der Waals surface area (Å²) >= 11 is 0. The first-order chi connectivity index (χ1) is 14.1. The fraction of sp³-hybridized carbons (Fsp3) is 0.136. The number of pyridine rings is 1. The van der Waals surface area contributed by atoms with Crippen LogP contribution in [0.5, 0.6) is 5.75 Å². The Morgan fingerprint density at radius 1 is 1.17 bits per heavy atom. The molecule has 2 aliphatic rings. The first kappa shape index (κ1) is 17.2. The van der Waals surface area contributed by atoms with Crippen molar-refractivity contribution in [2.75, 3.05) is 11.9 Å². The minimum Gasteiger partial charge on any atom is -0.462 e. The van der Waals surface area contributed by atoms with E-state index in [1.165, 1.54) is 0 Å². The summed E-state index contributed by atoms with van der Waals surface area (Å²) in [6, 6.07) is 14.6. The summed E-state index contributed by atoms with van der Waals surface area (Å²) in [5.74, 6) is -0.880. The number of nitrogens with two attached hydrogens (primary N) is 1. The number of esters is 1. The van der Waals surface area contributed by atoms with Crippen LogP contribution in [0, 0.1) is 0 Å². The Bertz CT molecular complexity index is 1230. The molecular weight excluding hydrogens is 370 g/mol. The van der Waals surface area contributed by atoms with Gasteiger partial charge in [-0.25, -0.2) is 4.79 Å². The van der Waals surface area contributed by atoms with Crippen LogP contribution in [0.15, 0.2) is 66.2 Å². The van der Waals surface area contributed by atoms with Crippen LogP contribution in [0.2, 0.25) is 0 Å². The second-order valence-electron chi connectivity index (χ2n) is 6.83. The van der Waals surface area contributed by atoms with Crippen LogP contribution in [0.1, 0.15) is 18.1 Å². The predicted molar refractivity (Wildman–Crippen MR) is 106 cm³/mol. The molecule has 3 N–H and O–H groups in total. The molecule has 29 heavy (non-hydrogen) atoms. The first-order valence-corrected chi connectivity index (χ1v) is 9.23. The number of nitrogens with zero attached hydrogens (tertiary/aromatic N) is 1. The lowest BCUT2D eigenvalue weighted by Gasteiger charge is -2.35. The Morgan fingerprint density at radius 3 is 2.83 bits per heavy atom. The van der Waals surface area contributed by atoms with Crippen LogP contribution in [0.3, 0.4) is 0 Å². The molecule has 0 radical (unpaired) electrons. The number of ether oxygens (including phenoxy) is 2. The van der Waals surface area contributed by atoms with Gasteiger partial charge >= 0.3 is 5.97 Å². The van der Waals surface area contributed by atoms with Gasteiger partial charge in [0.1, 0.15) is 16.5 Å². The number of para-hydroxylation sites is 1. The molecule has 0 bridgehead atoms. The van der Waals surface area contributed by atoms with Gasteiger partial charge in [0.25, 0.3) is 0 Å². The Morgan fingerprint density at radius 2 is 2.00 bits per heavy atom. The number of aromatic nitrogens is 1. The zero-order chi connectivity index (χ0) is 20.2. The maximum absolute atomic E-state index is 13.5. The molecule has 0 saturated heterocycles. The Kier molecular flexibility index (Phi) is 3.61. The fourth-order valence-electron chi connectivity index (χ4n) is 4.23. The maximum Gasteiger partial charge on any atom is 0.341 e. The van der Waals surface area contributed by atoms with Crippen molar-refractivity contribution in [3.05, 3.63) is 77.3 Å². The lowest BCUT2D eigenvalue weighted by Crippen LogP contribution is -2.45. The number of amides is 1. The monoisotopic (exact) mass is 387 g/mol. The van der Waals surface area contributed by atoms with Crippen LogP contribution < -0.4 is 15.8 Å². The van der Waals surface area contributed by atoms with Crippen molar-refractivity contribution in [1.82, 2.24) is 4.98 Å². The second-order valence-corrected chi connectivity index (χ2v) is 6.83. The molecule has 3 aromatic rings. The molecule has 7 heteroatoms. The molecule has 0 aliphatic carbocycles. The van der Waals surface area contributed by atoms with Crippen molar-refractivity contribution in [2.45, 2.75) is 12.3 Å². The molecule has 1 amide bonds. The largest absolute Gasteiger partial charge is 0.462 e. The van der Waals surface area contributed by atoms with E-state index in [1.54, 1.807) is 31.3 Å². The minimum atomic E-state index is -1.48. The van der Waals surface area contributed by atoms with Gasteiger partial charge in [-0.2, -0.15) is 0 Å². The van der Waals surface area contributed by atoms with Crippen LogP contribution in [-0.4, -0.2) is 23.5 Å². The zero-order valence-electron chi connectivity index (χ0n) is 15.6. The molecule has 1 aromatic heterocycles. The number of carbonyl (C=O) groups excluding carboxylic acids is 2. The number of fused-ring (bicyclic) bond motifs is 6. The number of hydrogen-bond donors (Lipinski definition) is 2. The molecule has 144 valence electrons. The third-order valence-corrected chi connectivity index (χ3v) is 5.37. The number of nitrogens with one attached hydrogen (secondary N) is 1. The lowest BCUT2D eigenvalue weighted by atomic mass is 9.68. The molecule has 5 rings (SSSR count). The molecule has 0 fully saturated rings. The fourth-order valence-corrected chi connectivity index (χ4v) is 4.23.